The molecule has 2 aromatic rings. The van der Waals surface area contributed by atoms with Gasteiger partial charge in [0.05, 0.1) is 5.52 Å². The molecule has 0 atom stereocenters. The second-order valence-electron chi connectivity index (χ2n) is 3.16. The number of benzene rings is 1. The predicted octanol–water partition coefficient (Wildman–Crippen LogP) is 2.43. The third kappa shape index (κ3) is 1.35. The first-order chi connectivity index (χ1) is 6.16. The summed E-state index contributed by atoms with van der Waals surface area (Å²) < 4.78 is 0. The highest BCUT2D eigenvalue weighted by Crippen LogP contribution is 2.20. The molecule has 13 heavy (non-hydrogen) atoms. The molecule has 1 radical (unpaired) electrons. The normalized spacial score (nSPS) is 10.6. The van der Waals surface area contributed by atoms with E-state index in [2.05, 4.69) is 11.9 Å². The summed E-state index contributed by atoms with van der Waals surface area (Å²) in [6, 6.07) is 7.66. The molecule has 0 aliphatic carbocycles. The first-order valence-corrected chi connectivity index (χ1v) is 4.09. The molecule has 1 N–H and O–H groups in total. The zero-order valence-electron chi connectivity index (χ0n) is 7.41. The minimum Gasteiger partial charge on any atom is -0.493 e. The Bertz CT molecular complexity index is 463. The van der Waals surface area contributed by atoms with Crippen LogP contribution in [0, 0.1) is 13.8 Å². The largest absolute Gasteiger partial charge is 0.493 e. The van der Waals surface area contributed by atoms with Crippen LogP contribution in [0.1, 0.15) is 11.1 Å². The van der Waals surface area contributed by atoms with Crippen LogP contribution in [0.4, 0.5) is 0 Å². The van der Waals surface area contributed by atoms with Crippen molar-refractivity contribution in [2.24, 2.45) is 0 Å². The summed E-state index contributed by atoms with van der Waals surface area (Å²) in [7, 11) is 0. The van der Waals surface area contributed by atoms with Crippen molar-refractivity contribution in [3.05, 3.63) is 42.3 Å². The van der Waals surface area contributed by atoms with Gasteiger partial charge in [0.25, 0.3) is 0 Å². The van der Waals surface area contributed by atoms with Crippen molar-refractivity contribution in [2.75, 3.05) is 0 Å². The van der Waals surface area contributed by atoms with Gasteiger partial charge in [-0.1, -0.05) is 12.1 Å². The molecule has 2 heteroatoms. The molecule has 1 heterocycles. The van der Waals surface area contributed by atoms with Crippen LogP contribution >= 0.6 is 0 Å². The van der Waals surface area contributed by atoms with E-state index in [0.717, 1.165) is 22.0 Å². The van der Waals surface area contributed by atoms with Crippen molar-refractivity contribution in [1.29, 1.82) is 0 Å². The number of rotatable bonds is 0. The van der Waals surface area contributed by atoms with Crippen LogP contribution in [0.3, 0.4) is 0 Å². The highest BCUT2D eigenvalue weighted by molar-refractivity contribution is 5.80. The molecule has 0 aliphatic rings. The molecule has 2 nitrogen and oxygen atoms in total. The fraction of sp³-hybridized carbons (Fsp3) is 0.0909. The monoisotopic (exact) mass is 172 g/mol. The van der Waals surface area contributed by atoms with Crippen molar-refractivity contribution in [3.63, 3.8) is 0 Å². The molecule has 0 bridgehead atoms. The summed E-state index contributed by atoms with van der Waals surface area (Å²) >= 11 is 0. The number of fused-ring (bicyclic) bond motifs is 1. The Hall–Kier alpha value is -1.57. The van der Waals surface area contributed by atoms with Crippen LogP contribution in [0.15, 0.2) is 24.3 Å². The van der Waals surface area contributed by atoms with Crippen LogP contribution in [0.5, 0.6) is 5.88 Å². The Morgan fingerprint density at radius 3 is 2.85 bits per heavy atom. The number of aryl methyl sites for hydroxylation is 1. The van der Waals surface area contributed by atoms with Gasteiger partial charge in [0.2, 0.25) is 5.88 Å². The Kier molecular flexibility index (Phi) is 1.69. The van der Waals surface area contributed by atoms with E-state index in [9.17, 15) is 5.11 Å². The van der Waals surface area contributed by atoms with Gasteiger partial charge in [0, 0.05) is 10.9 Å². The molecule has 0 aliphatic heterocycles. The lowest BCUT2D eigenvalue weighted by Gasteiger charge is -2.01. The average Bonchev–Trinajstić information content (AvgIpc) is 2.08. The summed E-state index contributed by atoms with van der Waals surface area (Å²) in [5, 5.41) is 10.4. The van der Waals surface area contributed by atoms with Gasteiger partial charge >= 0.3 is 0 Å². The van der Waals surface area contributed by atoms with Crippen molar-refractivity contribution >= 4 is 10.9 Å². The number of nitrogens with zero attached hydrogens (tertiary/aromatic N) is 1. The predicted molar refractivity (Wildman–Crippen MR) is 52.6 cm³/mol. The van der Waals surface area contributed by atoms with Gasteiger partial charge in [-0.15, -0.1) is 0 Å². The zero-order chi connectivity index (χ0) is 9.42. The van der Waals surface area contributed by atoms with E-state index in [0.29, 0.717) is 0 Å². The Balaban J connectivity index is 2.81. The van der Waals surface area contributed by atoms with E-state index in [1.807, 2.05) is 31.2 Å². The molecule has 2 rings (SSSR count). The fourth-order valence-corrected chi connectivity index (χ4v) is 1.31. The lowest BCUT2D eigenvalue weighted by Crippen LogP contribution is -1.84. The fourth-order valence-electron chi connectivity index (χ4n) is 1.31. The van der Waals surface area contributed by atoms with Crippen molar-refractivity contribution < 1.29 is 5.11 Å². The molecular weight excluding hydrogens is 162 g/mol. The minimum atomic E-state index is 0.0955. The van der Waals surface area contributed by atoms with Crippen LogP contribution in [-0.2, 0) is 0 Å². The smallest absolute Gasteiger partial charge is 0.214 e. The number of hydrogen-bond acceptors (Lipinski definition) is 2. The van der Waals surface area contributed by atoms with Gasteiger partial charge in [-0.25, -0.2) is 4.98 Å². The van der Waals surface area contributed by atoms with E-state index in [4.69, 9.17) is 0 Å². The molecule has 65 valence electrons. The van der Waals surface area contributed by atoms with E-state index in [1.54, 1.807) is 0 Å². The quantitative estimate of drug-likeness (QED) is 0.662. The summed E-state index contributed by atoms with van der Waals surface area (Å²) in [6.45, 7) is 5.63. The molecule has 0 fully saturated rings. The number of hydrogen-bond donors (Lipinski definition) is 1. The zero-order valence-corrected chi connectivity index (χ0v) is 7.41. The van der Waals surface area contributed by atoms with Crippen molar-refractivity contribution in [2.45, 2.75) is 6.92 Å². The van der Waals surface area contributed by atoms with E-state index >= 15 is 0 Å². The number of pyridine rings is 1. The Morgan fingerprint density at radius 2 is 2.08 bits per heavy atom. The van der Waals surface area contributed by atoms with Crippen LogP contribution < -0.4 is 0 Å². The second-order valence-corrected chi connectivity index (χ2v) is 3.16. The molecular formula is C11H10NO. The van der Waals surface area contributed by atoms with E-state index in [1.165, 1.54) is 0 Å². The first kappa shape index (κ1) is 8.05. The van der Waals surface area contributed by atoms with E-state index < -0.39 is 0 Å². The Morgan fingerprint density at radius 1 is 1.31 bits per heavy atom. The summed E-state index contributed by atoms with van der Waals surface area (Å²) in [5.41, 5.74) is 2.49. The third-order valence-electron chi connectivity index (χ3n) is 2.05. The molecule has 0 unspecified atom stereocenters. The second kappa shape index (κ2) is 2.73. The molecule has 0 spiro atoms. The first-order valence-electron chi connectivity index (χ1n) is 4.09. The summed E-state index contributed by atoms with van der Waals surface area (Å²) in [5.74, 6) is 0.0955. The van der Waals surface area contributed by atoms with Crippen LogP contribution in [0.2, 0.25) is 0 Å². The lowest BCUT2D eigenvalue weighted by atomic mass is 10.1. The number of aromatic nitrogens is 1. The number of aromatic hydroxyl groups is 1. The van der Waals surface area contributed by atoms with Gasteiger partial charge in [-0.05, 0) is 31.5 Å². The van der Waals surface area contributed by atoms with Crippen molar-refractivity contribution in [1.82, 2.24) is 4.98 Å². The average molecular weight is 172 g/mol. The third-order valence-corrected chi connectivity index (χ3v) is 2.05. The molecule has 0 saturated carbocycles. The Labute approximate surface area is 76.9 Å². The minimum absolute atomic E-state index is 0.0955. The molecule has 0 saturated heterocycles. The molecule has 1 aromatic carbocycles. The van der Waals surface area contributed by atoms with Crippen molar-refractivity contribution in [3.8, 4) is 5.88 Å². The van der Waals surface area contributed by atoms with Gasteiger partial charge in [0.15, 0.2) is 0 Å². The molecule has 1 aromatic heterocycles. The van der Waals surface area contributed by atoms with Crippen LogP contribution in [-0.4, -0.2) is 10.1 Å². The highest BCUT2D eigenvalue weighted by Gasteiger charge is 2.00. The SMILES string of the molecule is [CH2]c1ccc2cc(C)c(O)nc2c1. The van der Waals surface area contributed by atoms with Gasteiger partial charge in [-0.3, -0.25) is 0 Å². The maximum Gasteiger partial charge on any atom is 0.214 e. The van der Waals surface area contributed by atoms with Gasteiger partial charge < -0.3 is 5.11 Å². The summed E-state index contributed by atoms with van der Waals surface area (Å²) in [6.07, 6.45) is 0. The van der Waals surface area contributed by atoms with Gasteiger partial charge in [-0.2, -0.15) is 0 Å². The maximum atomic E-state index is 9.38. The summed E-state index contributed by atoms with van der Waals surface area (Å²) in [4.78, 5) is 4.05. The lowest BCUT2D eigenvalue weighted by molar-refractivity contribution is 0.451. The highest BCUT2D eigenvalue weighted by atomic mass is 16.3. The van der Waals surface area contributed by atoms with Crippen LogP contribution in [0.25, 0.3) is 10.9 Å². The van der Waals surface area contributed by atoms with E-state index in [-0.39, 0.29) is 5.88 Å². The topological polar surface area (TPSA) is 33.1 Å². The maximum absolute atomic E-state index is 9.38. The molecule has 0 amide bonds. The standard InChI is InChI=1S/C11H10NO/c1-7-3-4-9-6-8(2)11(13)12-10(9)5-7/h3-6H,1H2,2H3,(H,12,13). The van der Waals surface area contributed by atoms with Gasteiger partial charge in [0.1, 0.15) is 0 Å².